The number of hydrogen-bond acceptors (Lipinski definition) is 7. The predicted octanol–water partition coefficient (Wildman–Crippen LogP) is 2.65. The first kappa shape index (κ1) is 21.0. The standard InChI is InChI=1S/C24H24N6O3/c1-15-18-12-21(31)30(14-16-5-7-17(33-2)8-6-16)23(18)28-22(27-15)20-4-3-11-29(20)24(32)19-13-25-9-10-26-19/h5-10,13,20H,3-4,11-12,14H2,1-2H3/t20-/m1/s1. The summed E-state index contributed by atoms with van der Waals surface area (Å²) in [5, 5.41) is 0. The van der Waals surface area contributed by atoms with Gasteiger partial charge >= 0.3 is 0 Å². The van der Waals surface area contributed by atoms with Crippen molar-refractivity contribution in [3.05, 3.63) is 71.2 Å². The van der Waals surface area contributed by atoms with Crippen LogP contribution in [0, 0.1) is 6.92 Å². The molecule has 2 amide bonds. The summed E-state index contributed by atoms with van der Waals surface area (Å²) in [5.41, 5.74) is 2.91. The second-order valence-electron chi connectivity index (χ2n) is 8.22. The van der Waals surface area contributed by atoms with Gasteiger partial charge in [0.15, 0.2) is 5.82 Å². The number of ether oxygens (including phenoxy) is 1. The summed E-state index contributed by atoms with van der Waals surface area (Å²) in [6.07, 6.45) is 6.42. The van der Waals surface area contributed by atoms with Crippen LogP contribution in [0.5, 0.6) is 5.75 Å². The molecular weight excluding hydrogens is 420 g/mol. The van der Waals surface area contributed by atoms with Gasteiger partial charge < -0.3 is 9.64 Å². The topological polar surface area (TPSA) is 101 Å². The van der Waals surface area contributed by atoms with Gasteiger partial charge in [0, 0.05) is 30.2 Å². The molecule has 5 rings (SSSR count). The Labute approximate surface area is 191 Å². The number of fused-ring (bicyclic) bond motifs is 1. The van der Waals surface area contributed by atoms with Gasteiger partial charge in [-0.2, -0.15) is 0 Å². The first-order valence-corrected chi connectivity index (χ1v) is 10.9. The maximum Gasteiger partial charge on any atom is 0.274 e. The Morgan fingerprint density at radius 2 is 2.00 bits per heavy atom. The molecular formula is C24H24N6O3. The van der Waals surface area contributed by atoms with E-state index in [9.17, 15) is 9.59 Å². The quantitative estimate of drug-likeness (QED) is 0.596. The molecule has 0 aliphatic carbocycles. The van der Waals surface area contributed by atoms with Crippen molar-refractivity contribution in [2.24, 2.45) is 0 Å². The predicted molar refractivity (Wildman–Crippen MR) is 120 cm³/mol. The van der Waals surface area contributed by atoms with E-state index in [0.717, 1.165) is 35.4 Å². The highest BCUT2D eigenvalue weighted by atomic mass is 16.5. The number of likely N-dealkylation sites (tertiary alicyclic amines) is 1. The van der Waals surface area contributed by atoms with E-state index in [1.165, 1.54) is 12.4 Å². The fourth-order valence-electron chi connectivity index (χ4n) is 4.46. The Bertz CT molecular complexity index is 1200. The molecule has 2 aromatic heterocycles. The fraction of sp³-hybridized carbons (Fsp3) is 0.333. The SMILES string of the molecule is COc1ccc(CN2C(=O)Cc3c(C)nc([C@H]4CCCN4C(=O)c4cnccn4)nc32)cc1. The zero-order valence-electron chi connectivity index (χ0n) is 18.6. The van der Waals surface area contributed by atoms with Crippen LogP contribution in [-0.2, 0) is 17.8 Å². The average molecular weight is 444 g/mol. The number of benzene rings is 1. The molecule has 9 nitrogen and oxygen atoms in total. The van der Waals surface area contributed by atoms with E-state index < -0.39 is 0 Å². The Hall–Kier alpha value is -3.88. The molecule has 1 aromatic carbocycles. The number of aryl methyl sites for hydroxylation is 1. The molecule has 4 heterocycles. The Kier molecular flexibility index (Phi) is 5.45. The number of anilines is 1. The summed E-state index contributed by atoms with van der Waals surface area (Å²) >= 11 is 0. The molecule has 0 bridgehead atoms. The lowest BCUT2D eigenvalue weighted by molar-refractivity contribution is -0.117. The van der Waals surface area contributed by atoms with Crippen LogP contribution in [0.4, 0.5) is 5.82 Å². The van der Waals surface area contributed by atoms with Crippen molar-refractivity contribution < 1.29 is 14.3 Å². The third-order valence-electron chi connectivity index (χ3n) is 6.19. The van der Waals surface area contributed by atoms with Gasteiger partial charge in [-0.15, -0.1) is 0 Å². The van der Waals surface area contributed by atoms with Crippen LogP contribution < -0.4 is 9.64 Å². The van der Waals surface area contributed by atoms with E-state index in [-0.39, 0.29) is 24.3 Å². The maximum atomic E-state index is 13.1. The molecule has 0 spiro atoms. The normalized spacial score (nSPS) is 17.4. The summed E-state index contributed by atoms with van der Waals surface area (Å²) in [7, 11) is 1.62. The molecule has 168 valence electrons. The van der Waals surface area contributed by atoms with Gasteiger partial charge in [-0.3, -0.25) is 19.5 Å². The van der Waals surface area contributed by atoms with Crippen LogP contribution >= 0.6 is 0 Å². The molecule has 3 aromatic rings. The van der Waals surface area contributed by atoms with Crippen molar-refractivity contribution in [1.29, 1.82) is 0 Å². The third kappa shape index (κ3) is 3.90. The molecule has 1 atom stereocenters. The lowest BCUT2D eigenvalue weighted by Gasteiger charge is -2.25. The van der Waals surface area contributed by atoms with Crippen LogP contribution in [-0.4, -0.2) is 50.3 Å². The molecule has 1 saturated heterocycles. The summed E-state index contributed by atoms with van der Waals surface area (Å²) in [6, 6.07) is 7.38. The van der Waals surface area contributed by atoms with Crippen molar-refractivity contribution in [3.8, 4) is 5.75 Å². The van der Waals surface area contributed by atoms with E-state index in [0.29, 0.717) is 30.4 Å². The summed E-state index contributed by atoms with van der Waals surface area (Å²) < 4.78 is 5.22. The number of rotatable bonds is 5. The van der Waals surface area contributed by atoms with Crippen LogP contribution in [0.3, 0.4) is 0 Å². The van der Waals surface area contributed by atoms with Gasteiger partial charge in [0.05, 0.1) is 32.3 Å². The largest absolute Gasteiger partial charge is 0.497 e. The minimum Gasteiger partial charge on any atom is -0.497 e. The zero-order chi connectivity index (χ0) is 22.9. The number of amides is 2. The van der Waals surface area contributed by atoms with Gasteiger partial charge in [-0.25, -0.2) is 15.0 Å². The highest BCUT2D eigenvalue weighted by Gasteiger charge is 2.37. The van der Waals surface area contributed by atoms with Gasteiger partial charge in [-0.1, -0.05) is 12.1 Å². The molecule has 33 heavy (non-hydrogen) atoms. The Morgan fingerprint density at radius 1 is 1.18 bits per heavy atom. The van der Waals surface area contributed by atoms with Gasteiger partial charge in [0.25, 0.3) is 5.91 Å². The third-order valence-corrected chi connectivity index (χ3v) is 6.19. The van der Waals surface area contributed by atoms with E-state index in [1.54, 1.807) is 23.1 Å². The summed E-state index contributed by atoms with van der Waals surface area (Å²) in [4.78, 5) is 47.1. The van der Waals surface area contributed by atoms with Gasteiger partial charge in [0.1, 0.15) is 17.3 Å². The van der Waals surface area contributed by atoms with E-state index in [2.05, 4.69) is 9.97 Å². The van der Waals surface area contributed by atoms with Crippen LogP contribution in [0.25, 0.3) is 0 Å². The number of nitrogens with zero attached hydrogens (tertiary/aromatic N) is 6. The molecule has 0 N–H and O–H groups in total. The number of carbonyl (C=O) groups excluding carboxylic acids is 2. The van der Waals surface area contributed by atoms with E-state index in [1.807, 2.05) is 31.2 Å². The van der Waals surface area contributed by atoms with Crippen molar-refractivity contribution in [1.82, 2.24) is 24.8 Å². The van der Waals surface area contributed by atoms with Gasteiger partial charge in [-0.05, 0) is 37.5 Å². The number of methoxy groups -OCH3 is 1. The van der Waals surface area contributed by atoms with Crippen LogP contribution in [0.15, 0.2) is 42.9 Å². The Morgan fingerprint density at radius 3 is 2.73 bits per heavy atom. The molecule has 2 aliphatic rings. The summed E-state index contributed by atoms with van der Waals surface area (Å²) in [5.74, 6) is 1.78. The number of aromatic nitrogens is 4. The lowest BCUT2D eigenvalue weighted by atomic mass is 10.1. The second-order valence-corrected chi connectivity index (χ2v) is 8.22. The highest BCUT2D eigenvalue weighted by molar-refractivity contribution is 6.00. The zero-order valence-corrected chi connectivity index (χ0v) is 18.6. The molecule has 1 fully saturated rings. The molecule has 0 radical (unpaired) electrons. The van der Waals surface area contributed by atoms with E-state index in [4.69, 9.17) is 14.7 Å². The fourth-order valence-corrected chi connectivity index (χ4v) is 4.46. The smallest absolute Gasteiger partial charge is 0.274 e. The second kappa shape index (κ2) is 8.57. The van der Waals surface area contributed by atoms with Crippen LogP contribution in [0.1, 0.15) is 52.0 Å². The van der Waals surface area contributed by atoms with Crippen LogP contribution in [0.2, 0.25) is 0 Å². The maximum absolute atomic E-state index is 13.1. The first-order valence-electron chi connectivity index (χ1n) is 10.9. The molecule has 0 saturated carbocycles. The minimum atomic E-state index is -0.262. The Balaban J connectivity index is 1.45. The van der Waals surface area contributed by atoms with Gasteiger partial charge in [0.2, 0.25) is 5.91 Å². The number of carbonyl (C=O) groups is 2. The monoisotopic (exact) mass is 444 g/mol. The number of hydrogen-bond donors (Lipinski definition) is 0. The van der Waals surface area contributed by atoms with Crippen molar-refractivity contribution in [2.75, 3.05) is 18.6 Å². The molecule has 0 unspecified atom stereocenters. The van der Waals surface area contributed by atoms with Crippen molar-refractivity contribution >= 4 is 17.6 Å². The van der Waals surface area contributed by atoms with Crippen molar-refractivity contribution in [2.45, 2.75) is 38.8 Å². The molecule has 9 heteroatoms. The highest BCUT2D eigenvalue weighted by Crippen LogP contribution is 2.36. The van der Waals surface area contributed by atoms with Crippen molar-refractivity contribution in [3.63, 3.8) is 0 Å². The molecule has 2 aliphatic heterocycles. The average Bonchev–Trinajstić information content (AvgIpc) is 3.45. The van der Waals surface area contributed by atoms with E-state index >= 15 is 0 Å². The minimum absolute atomic E-state index is 0.00529. The summed E-state index contributed by atoms with van der Waals surface area (Å²) in [6.45, 7) is 2.92. The lowest BCUT2D eigenvalue weighted by Crippen LogP contribution is -2.32. The first-order chi connectivity index (χ1) is 16.0.